The van der Waals surface area contributed by atoms with E-state index in [2.05, 4.69) is 20.8 Å². The van der Waals surface area contributed by atoms with Crippen molar-refractivity contribution in [1.29, 1.82) is 0 Å². The Hall–Kier alpha value is -0.470. The van der Waals surface area contributed by atoms with Crippen LogP contribution in [0.15, 0.2) is 33.6 Å². The summed E-state index contributed by atoms with van der Waals surface area (Å²) in [6, 6.07) is 7.00. The molecule has 2 aliphatic heterocycles. The summed E-state index contributed by atoms with van der Waals surface area (Å²) in [6.45, 7) is 4.39. The fourth-order valence-electron chi connectivity index (χ4n) is 3.18. The molecular formula is C16H23BrN2O3S. The highest BCUT2D eigenvalue weighted by atomic mass is 79.9. The molecule has 2 heterocycles. The molecule has 5 nitrogen and oxygen atoms in total. The molecule has 0 unspecified atom stereocenters. The molecule has 1 atom stereocenters. The van der Waals surface area contributed by atoms with Crippen LogP contribution in [0, 0.1) is 0 Å². The second-order valence-corrected chi connectivity index (χ2v) is 8.88. The molecule has 128 valence electrons. The number of piperazine rings is 1. The Balaban J connectivity index is 1.59. The van der Waals surface area contributed by atoms with Crippen LogP contribution in [0.5, 0.6) is 0 Å². The van der Waals surface area contributed by atoms with E-state index in [0.717, 1.165) is 39.1 Å². The van der Waals surface area contributed by atoms with Crippen LogP contribution in [0.2, 0.25) is 0 Å². The van der Waals surface area contributed by atoms with Gasteiger partial charge >= 0.3 is 0 Å². The molecule has 0 aromatic heterocycles. The molecule has 0 spiro atoms. The highest BCUT2D eigenvalue weighted by Gasteiger charge is 2.30. The van der Waals surface area contributed by atoms with Crippen LogP contribution in [0.25, 0.3) is 0 Å². The Bertz CT molecular complexity index is 624. The summed E-state index contributed by atoms with van der Waals surface area (Å²) in [6.07, 6.45) is 3.83. The average molecular weight is 403 g/mol. The van der Waals surface area contributed by atoms with Crippen LogP contribution < -0.4 is 0 Å². The van der Waals surface area contributed by atoms with E-state index in [9.17, 15) is 8.42 Å². The predicted octanol–water partition coefficient (Wildman–Crippen LogP) is 2.32. The van der Waals surface area contributed by atoms with Crippen molar-refractivity contribution in [1.82, 2.24) is 9.21 Å². The maximum absolute atomic E-state index is 12.8. The van der Waals surface area contributed by atoms with Crippen LogP contribution in [0.1, 0.15) is 19.3 Å². The minimum Gasteiger partial charge on any atom is -0.377 e. The van der Waals surface area contributed by atoms with E-state index in [0.29, 0.717) is 28.6 Å². The quantitative estimate of drug-likeness (QED) is 0.775. The summed E-state index contributed by atoms with van der Waals surface area (Å²) >= 11 is 3.34. The molecule has 1 aromatic rings. The van der Waals surface area contributed by atoms with E-state index < -0.39 is 10.0 Å². The maximum Gasteiger partial charge on any atom is 0.244 e. The standard InChI is InChI=1S/C16H23BrN2O3S/c17-15-6-1-2-7-16(15)23(20,21)19-10-8-18(9-11-19)13-14-5-3-4-12-22-14/h1-2,6-7,14H,3-5,8-13H2/t14-/m0/s1. The fourth-order valence-corrected chi connectivity index (χ4v) is 5.57. The first kappa shape index (κ1) is 17.4. The molecule has 0 amide bonds. The number of nitrogens with zero attached hydrogens (tertiary/aromatic N) is 2. The van der Waals surface area contributed by atoms with Gasteiger partial charge in [0.05, 0.1) is 11.0 Å². The number of ether oxygens (including phenoxy) is 1. The summed E-state index contributed by atoms with van der Waals surface area (Å²) in [7, 11) is -3.42. The molecule has 23 heavy (non-hydrogen) atoms. The zero-order valence-corrected chi connectivity index (χ0v) is 15.6. The van der Waals surface area contributed by atoms with Crippen molar-refractivity contribution in [3.8, 4) is 0 Å². The molecule has 3 rings (SSSR count). The van der Waals surface area contributed by atoms with Gasteiger partial charge in [0.1, 0.15) is 0 Å². The normalized spacial score (nSPS) is 24.7. The number of hydrogen-bond acceptors (Lipinski definition) is 4. The first-order valence-electron chi connectivity index (χ1n) is 8.16. The van der Waals surface area contributed by atoms with Crippen LogP contribution >= 0.6 is 15.9 Å². The molecule has 7 heteroatoms. The molecule has 2 saturated heterocycles. The van der Waals surface area contributed by atoms with Gasteiger partial charge in [-0.15, -0.1) is 0 Å². The Morgan fingerprint density at radius 3 is 2.52 bits per heavy atom. The van der Waals surface area contributed by atoms with Gasteiger partial charge in [-0.3, -0.25) is 4.90 Å². The van der Waals surface area contributed by atoms with E-state index in [-0.39, 0.29) is 0 Å². The van der Waals surface area contributed by atoms with E-state index in [1.807, 2.05) is 6.07 Å². The second kappa shape index (κ2) is 7.61. The van der Waals surface area contributed by atoms with Crippen LogP contribution in [0.4, 0.5) is 0 Å². The number of benzene rings is 1. The molecule has 0 bridgehead atoms. The van der Waals surface area contributed by atoms with Gasteiger partial charge in [0.15, 0.2) is 0 Å². The highest BCUT2D eigenvalue weighted by Crippen LogP contribution is 2.25. The minimum absolute atomic E-state index is 0.315. The Morgan fingerprint density at radius 2 is 1.87 bits per heavy atom. The largest absolute Gasteiger partial charge is 0.377 e. The number of hydrogen-bond donors (Lipinski definition) is 0. The van der Waals surface area contributed by atoms with Crippen molar-refractivity contribution < 1.29 is 13.2 Å². The lowest BCUT2D eigenvalue weighted by molar-refractivity contribution is -0.0103. The van der Waals surface area contributed by atoms with Gasteiger partial charge in [0, 0.05) is 43.8 Å². The molecule has 0 radical (unpaired) electrons. The summed E-state index contributed by atoms with van der Waals surface area (Å²) in [4.78, 5) is 2.67. The zero-order chi connectivity index (χ0) is 16.3. The van der Waals surface area contributed by atoms with E-state index in [1.165, 1.54) is 6.42 Å². The van der Waals surface area contributed by atoms with Crippen molar-refractivity contribution in [3.63, 3.8) is 0 Å². The first-order chi connectivity index (χ1) is 11.1. The Morgan fingerprint density at radius 1 is 1.13 bits per heavy atom. The monoisotopic (exact) mass is 402 g/mol. The topological polar surface area (TPSA) is 49.9 Å². The van der Waals surface area contributed by atoms with E-state index in [4.69, 9.17) is 4.74 Å². The van der Waals surface area contributed by atoms with Gasteiger partial charge in [-0.25, -0.2) is 8.42 Å². The van der Waals surface area contributed by atoms with Crippen molar-refractivity contribution in [2.45, 2.75) is 30.3 Å². The van der Waals surface area contributed by atoms with Crippen molar-refractivity contribution in [2.75, 3.05) is 39.3 Å². The SMILES string of the molecule is O=S(=O)(c1ccccc1Br)N1CCN(C[C@@H]2CCCCO2)CC1. The average Bonchev–Trinajstić information content (AvgIpc) is 2.56. The summed E-state index contributed by atoms with van der Waals surface area (Å²) in [5.41, 5.74) is 0. The smallest absolute Gasteiger partial charge is 0.244 e. The van der Waals surface area contributed by atoms with Gasteiger partial charge in [-0.2, -0.15) is 4.31 Å². The highest BCUT2D eigenvalue weighted by molar-refractivity contribution is 9.10. The molecule has 0 saturated carbocycles. The summed E-state index contributed by atoms with van der Waals surface area (Å²) in [5.74, 6) is 0. The summed E-state index contributed by atoms with van der Waals surface area (Å²) in [5, 5.41) is 0. The third-order valence-electron chi connectivity index (χ3n) is 4.52. The van der Waals surface area contributed by atoms with Crippen molar-refractivity contribution in [3.05, 3.63) is 28.7 Å². The molecule has 2 aliphatic rings. The van der Waals surface area contributed by atoms with Gasteiger partial charge in [-0.05, 0) is 47.3 Å². The molecule has 0 N–H and O–H groups in total. The number of halogens is 1. The van der Waals surface area contributed by atoms with Crippen LogP contribution in [-0.4, -0.2) is 63.1 Å². The lowest BCUT2D eigenvalue weighted by Gasteiger charge is -2.36. The van der Waals surface area contributed by atoms with E-state index in [1.54, 1.807) is 22.5 Å². The van der Waals surface area contributed by atoms with Gasteiger partial charge in [0.2, 0.25) is 10.0 Å². The predicted molar refractivity (Wildman–Crippen MR) is 92.9 cm³/mol. The first-order valence-corrected chi connectivity index (χ1v) is 10.4. The summed E-state index contributed by atoms with van der Waals surface area (Å²) < 4.78 is 33.5. The van der Waals surface area contributed by atoms with Crippen LogP contribution in [-0.2, 0) is 14.8 Å². The lowest BCUT2D eigenvalue weighted by atomic mass is 10.1. The molecule has 2 fully saturated rings. The van der Waals surface area contributed by atoms with Gasteiger partial charge < -0.3 is 4.74 Å². The number of rotatable bonds is 4. The van der Waals surface area contributed by atoms with Crippen molar-refractivity contribution in [2.24, 2.45) is 0 Å². The van der Waals surface area contributed by atoms with Crippen molar-refractivity contribution >= 4 is 26.0 Å². The van der Waals surface area contributed by atoms with Crippen LogP contribution in [0.3, 0.4) is 0 Å². The Kier molecular flexibility index (Phi) is 5.74. The maximum atomic E-state index is 12.8. The number of sulfonamides is 1. The third-order valence-corrected chi connectivity index (χ3v) is 7.43. The lowest BCUT2D eigenvalue weighted by Crippen LogP contribution is -2.50. The second-order valence-electron chi connectivity index (χ2n) is 6.12. The molecule has 0 aliphatic carbocycles. The molecule has 1 aromatic carbocycles. The van der Waals surface area contributed by atoms with E-state index >= 15 is 0 Å². The Labute approximate surface area is 146 Å². The minimum atomic E-state index is -3.42. The van der Waals surface area contributed by atoms with Gasteiger partial charge in [0.25, 0.3) is 0 Å². The zero-order valence-electron chi connectivity index (χ0n) is 13.2. The fraction of sp³-hybridized carbons (Fsp3) is 0.625. The van der Waals surface area contributed by atoms with Gasteiger partial charge in [-0.1, -0.05) is 12.1 Å². The molecular weight excluding hydrogens is 380 g/mol. The third kappa shape index (κ3) is 4.14.